The van der Waals surface area contributed by atoms with E-state index in [0.29, 0.717) is 0 Å². The van der Waals surface area contributed by atoms with Crippen molar-refractivity contribution in [2.45, 2.75) is 38.5 Å². The molecular formula is C32H41N3O2. The van der Waals surface area contributed by atoms with Crippen molar-refractivity contribution in [1.82, 2.24) is 14.7 Å². The van der Waals surface area contributed by atoms with Crippen molar-refractivity contribution < 1.29 is 9.53 Å². The molecule has 2 saturated heterocycles. The van der Waals surface area contributed by atoms with E-state index in [1.165, 1.54) is 44.3 Å². The SMILES string of the molecule is O=C(c1cccc2ccccc12)N1CCN(CCc2ccc(OCCCN3CCCCCC3)cc2)CC1. The van der Waals surface area contributed by atoms with E-state index >= 15 is 0 Å². The lowest BCUT2D eigenvalue weighted by Gasteiger charge is -2.35. The van der Waals surface area contributed by atoms with Gasteiger partial charge in [0.15, 0.2) is 0 Å². The molecule has 5 heteroatoms. The number of carbonyl (C=O) groups is 1. The molecule has 2 aliphatic rings. The average Bonchev–Trinajstić information content (AvgIpc) is 3.23. The van der Waals surface area contributed by atoms with E-state index in [4.69, 9.17) is 4.74 Å². The maximum absolute atomic E-state index is 13.2. The van der Waals surface area contributed by atoms with E-state index in [1.807, 2.05) is 35.2 Å². The molecule has 1 amide bonds. The number of benzene rings is 3. The summed E-state index contributed by atoms with van der Waals surface area (Å²) in [6.07, 6.45) is 7.59. The molecule has 0 radical (unpaired) electrons. The van der Waals surface area contributed by atoms with Crippen molar-refractivity contribution in [2.24, 2.45) is 0 Å². The van der Waals surface area contributed by atoms with E-state index in [9.17, 15) is 4.79 Å². The first-order chi connectivity index (χ1) is 18.3. The number of amides is 1. The van der Waals surface area contributed by atoms with Gasteiger partial charge >= 0.3 is 0 Å². The molecule has 196 valence electrons. The van der Waals surface area contributed by atoms with Gasteiger partial charge in [-0.1, -0.05) is 61.4 Å². The van der Waals surface area contributed by atoms with Crippen LogP contribution in [0.25, 0.3) is 10.8 Å². The van der Waals surface area contributed by atoms with Crippen molar-refractivity contribution in [3.63, 3.8) is 0 Å². The lowest BCUT2D eigenvalue weighted by Crippen LogP contribution is -2.49. The molecule has 0 aromatic heterocycles. The van der Waals surface area contributed by atoms with Gasteiger partial charge in [-0.15, -0.1) is 0 Å². The largest absolute Gasteiger partial charge is 0.494 e. The molecule has 0 N–H and O–H groups in total. The molecule has 0 unspecified atom stereocenters. The van der Waals surface area contributed by atoms with Crippen molar-refractivity contribution in [3.8, 4) is 5.75 Å². The summed E-state index contributed by atoms with van der Waals surface area (Å²) in [4.78, 5) is 20.3. The summed E-state index contributed by atoms with van der Waals surface area (Å²) in [6, 6.07) is 22.8. The summed E-state index contributed by atoms with van der Waals surface area (Å²) in [5, 5.41) is 2.17. The Hall–Kier alpha value is -2.89. The van der Waals surface area contributed by atoms with Crippen LogP contribution in [-0.4, -0.2) is 79.6 Å². The van der Waals surface area contributed by atoms with Gasteiger partial charge in [-0.25, -0.2) is 0 Å². The summed E-state index contributed by atoms with van der Waals surface area (Å²) >= 11 is 0. The van der Waals surface area contributed by atoms with E-state index in [1.54, 1.807) is 0 Å². The zero-order valence-corrected chi connectivity index (χ0v) is 22.1. The average molecular weight is 500 g/mol. The van der Waals surface area contributed by atoms with Crippen molar-refractivity contribution in [3.05, 3.63) is 77.9 Å². The Kier molecular flexibility index (Phi) is 9.09. The van der Waals surface area contributed by atoms with Crippen LogP contribution in [0.2, 0.25) is 0 Å². The summed E-state index contributed by atoms with van der Waals surface area (Å²) in [5.41, 5.74) is 2.15. The number of ether oxygens (including phenoxy) is 1. The lowest BCUT2D eigenvalue weighted by atomic mass is 10.0. The van der Waals surface area contributed by atoms with Gasteiger partial charge in [0, 0.05) is 44.8 Å². The van der Waals surface area contributed by atoms with Crippen LogP contribution in [0.15, 0.2) is 66.7 Å². The molecule has 0 saturated carbocycles. The van der Waals surface area contributed by atoms with Crippen molar-refractivity contribution >= 4 is 16.7 Å². The summed E-state index contributed by atoms with van der Waals surface area (Å²) < 4.78 is 6.00. The van der Waals surface area contributed by atoms with Gasteiger partial charge in [0.25, 0.3) is 5.91 Å². The predicted molar refractivity (Wildman–Crippen MR) is 151 cm³/mol. The van der Waals surface area contributed by atoms with E-state index < -0.39 is 0 Å². The van der Waals surface area contributed by atoms with E-state index in [2.05, 4.69) is 46.2 Å². The van der Waals surface area contributed by atoms with Crippen LogP contribution < -0.4 is 4.74 Å². The normalized spacial score (nSPS) is 17.6. The van der Waals surface area contributed by atoms with Gasteiger partial charge in [0.05, 0.1) is 6.61 Å². The molecule has 5 rings (SSSR count). The first-order valence-electron chi connectivity index (χ1n) is 14.2. The topological polar surface area (TPSA) is 36.0 Å². The third-order valence-electron chi connectivity index (χ3n) is 7.91. The summed E-state index contributed by atoms with van der Waals surface area (Å²) in [5.74, 6) is 1.12. The Labute approximate surface area is 222 Å². The maximum Gasteiger partial charge on any atom is 0.254 e. The minimum absolute atomic E-state index is 0.151. The Morgan fingerprint density at radius 1 is 0.703 bits per heavy atom. The minimum Gasteiger partial charge on any atom is -0.494 e. The molecule has 0 spiro atoms. The van der Waals surface area contributed by atoms with Crippen LogP contribution >= 0.6 is 0 Å². The van der Waals surface area contributed by atoms with Gasteiger partial charge in [0.1, 0.15) is 5.75 Å². The van der Waals surface area contributed by atoms with Crippen LogP contribution in [0.4, 0.5) is 0 Å². The number of hydrogen-bond donors (Lipinski definition) is 0. The highest BCUT2D eigenvalue weighted by molar-refractivity contribution is 6.07. The fourth-order valence-corrected chi connectivity index (χ4v) is 5.63. The smallest absolute Gasteiger partial charge is 0.254 e. The van der Waals surface area contributed by atoms with E-state index in [0.717, 1.165) is 80.8 Å². The highest BCUT2D eigenvalue weighted by Gasteiger charge is 2.23. The minimum atomic E-state index is 0.151. The number of nitrogens with zero attached hydrogens (tertiary/aromatic N) is 3. The number of carbonyl (C=O) groups excluding carboxylic acids is 1. The number of rotatable bonds is 9. The molecule has 2 aliphatic heterocycles. The molecule has 2 heterocycles. The third kappa shape index (κ3) is 7.12. The summed E-state index contributed by atoms with van der Waals surface area (Å²) in [6.45, 7) is 8.89. The Morgan fingerprint density at radius 2 is 1.41 bits per heavy atom. The Balaban J connectivity index is 1.02. The van der Waals surface area contributed by atoms with Crippen LogP contribution in [0, 0.1) is 0 Å². The molecule has 0 bridgehead atoms. The maximum atomic E-state index is 13.2. The standard InChI is InChI=1S/C32H41N3O2/c36-32(31-12-7-10-28-9-3-4-11-30(28)31)35-24-22-34(23-25-35)21-17-27-13-15-29(16-14-27)37-26-8-20-33-18-5-1-2-6-19-33/h3-4,7,9-16H,1-2,5-6,8,17-26H2. The second-order valence-electron chi connectivity index (χ2n) is 10.5. The third-order valence-corrected chi connectivity index (χ3v) is 7.91. The zero-order chi connectivity index (χ0) is 25.3. The van der Waals surface area contributed by atoms with Gasteiger partial charge in [-0.2, -0.15) is 0 Å². The molecule has 5 nitrogen and oxygen atoms in total. The first kappa shape index (κ1) is 25.7. The zero-order valence-electron chi connectivity index (χ0n) is 22.1. The fraction of sp³-hybridized carbons (Fsp3) is 0.469. The van der Waals surface area contributed by atoms with Crippen LogP contribution in [0.3, 0.4) is 0 Å². The second-order valence-corrected chi connectivity index (χ2v) is 10.5. The van der Waals surface area contributed by atoms with Gasteiger partial charge in [-0.3, -0.25) is 9.69 Å². The van der Waals surface area contributed by atoms with Crippen molar-refractivity contribution in [1.29, 1.82) is 0 Å². The van der Waals surface area contributed by atoms with Gasteiger partial charge in [0.2, 0.25) is 0 Å². The Morgan fingerprint density at radius 3 is 2.19 bits per heavy atom. The predicted octanol–water partition coefficient (Wildman–Crippen LogP) is 5.49. The highest BCUT2D eigenvalue weighted by Crippen LogP contribution is 2.21. The molecule has 2 fully saturated rings. The molecule has 3 aromatic rings. The van der Waals surface area contributed by atoms with Crippen molar-refractivity contribution in [2.75, 3.05) is 59.0 Å². The molecule has 37 heavy (non-hydrogen) atoms. The first-order valence-corrected chi connectivity index (χ1v) is 14.2. The van der Waals surface area contributed by atoms with Gasteiger partial charge in [-0.05, 0) is 73.3 Å². The monoisotopic (exact) mass is 499 g/mol. The van der Waals surface area contributed by atoms with Crippen LogP contribution in [0.5, 0.6) is 5.75 Å². The molecule has 0 aliphatic carbocycles. The number of likely N-dealkylation sites (tertiary alicyclic amines) is 1. The Bertz CT molecular complexity index is 1120. The molecule has 0 atom stereocenters. The number of fused-ring (bicyclic) bond motifs is 1. The van der Waals surface area contributed by atoms with Crippen LogP contribution in [-0.2, 0) is 6.42 Å². The lowest BCUT2D eigenvalue weighted by molar-refractivity contribution is 0.0640. The second kappa shape index (κ2) is 13.1. The fourth-order valence-electron chi connectivity index (χ4n) is 5.63. The quantitative estimate of drug-likeness (QED) is 0.365. The van der Waals surface area contributed by atoms with E-state index in [-0.39, 0.29) is 5.91 Å². The molecule has 3 aromatic carbocycles. The highest BCUT2D eigenvalue weighted by atomic mass is 16.5. The van der Waals surface area contributed by atoms with Crippen LogP contribution in [0.1, 0.15) is 48.0 Å². The van der Waals surface area contributed by atoms with Gasteiger partial charge < -0.3 is 14.5 Å². The number of piperazine rings is 1. The number of hydrogen-bond acceptors (Lipinski definition) is 4. The summed E-state index contributed by atoms with van der Waals surface area (Å²) in [7, 11) is 0. The molecular weight excluding hydrogens is 458 g/mol.